The molecule has 3 fully saturated rings. The number of fused-ring (bicyclic) bond motifs is 1. The molecule has 0 bridgehead atoms. The molecule has 3 N–H and O–H groups in total. The van der Waals surface area contributed by atoms with Gasteiger partial charge in [-0.25, -0.2) is 9.59 Å². The van der Waals surface area contributed by atoms with Gasteiger partial charge in [0.15, 0.2) is 0 Å². The van der Waals surface area contributed by atoms with Gasteiger partial charge in [0, 0.05) is 37.9 Å². The van der Waals surface area contributed by atoms with Crippen molar-refractivity contribution in [2.45, 2.75) is 50.1 Å². The van der Waals surface area contributed by atoms with Crippen LogP contribution in [-0.4, -0.2) is 112 Å². The molecule has 3 atom stereocenters. The Bertz CT molecular complexity index is 878. The number of hydrogen-bond donors (Lipinski definition) is 3. The first-order valence-corrected chi connectivity index (χ1v) is 11.6. The van der Waals surface area contributed by atoms with Gasteiger partial charge in [0.25, 0.3) is 5.91 Å². The largest absolute Gasteiger partial charge is 0.490 e. The number of hydrogen-bond acceptors (Lipinski definition) is 5. The highest BCUT2D eigenvalue weighted by Crippen LogP contribution is 2.35. The fourth-order valence-corrected chi connectivity index (χ4v) is 4.86. The molecule has 3 aliphatic heterocycles. The van der Waals surface area contributed by atoms with Gasteiger partial charge in [-0.3, -0.25) is 9.69 Å². The van der Waals surface area contributed by atoms with E-state index in [4.69, 9.17) is 19.8 Å². The second kappa shape index (κ2) is 12.6. The van der Waals surface area contributed by atoms with E-state index in [1.54, 1.807) is 0 Å². The summed E-state index contributed by atoms with van der Waals surface area (Å²) in [5, 5.41) is 14.2. The van der Waals surface area contributed by atoms with Gasteiger partial charge in [-0.15, -0.1) is 0 Å². The number of alkyl halides is 6. The monoisotopic (exact) mass is 544 g/mol. The number of carbonyl (C=O) groups is 3. The second-order valence-electron chi connectivity index (χ2n) is 9.12. The Labute approximate surface area is 209 Å². The number of nitrogens with zero attached hydrogens (tertiary/aromatic N) is 3. The van der Waals surface area contributed by atoms with Crippen LogP contribution in [0.5, 0.6) is 0 Å². The zero-order chi connectivity index (χ0) is 28.0. The molecule has 1 aromatic rings. The van der Waals surface area contributed by atoms with Crippen molar-refractivity contribution in [1.29, 1.82) is 0 Å². The molecule has 3 aliphatic rings. The number of H-pyrrole nitrogens is 1. The average molecular weight is 544 g/mol. The van der Waals surface area contributed by atoms with Crippen molar-refractivity contribution in [3.63, 3.8) is 0 Å². The van der Waals surface area contributed by atoms with Crippen molar-refractivity contribution in [3.05, 3.63) is 24.0 Å². The molecule has 0 spiro atoms. The van der Waals surface area contributed by atoms with Gasteiger partial charge < -0.3 is 25.0 Å². The van der Waals surface area contributed by atoms with Crippen LogP contribution in [0.3, 0.4) is 0 Å². The topological polar surface area (TPSA) is 117 Å². The molecular weight excluding hydrogens is 514 g/mol. The Morgan fingerprint density at radius 2 is 1.54 bits per heavy atom. The number of aromatic nitrogens is 1. The minimum Gasteiger partial charge on any atom is -0.475 e. The van der Waals surface area contributed by atoms with Crippen molar-refractivity contribution in [3.8, 4) is 0 Å². The fourth-order valence-electron chi connectivity index (χ4n) is 4.86. The molecule has 0 aliphatic carbocycles. The predicted molar refractivity (Wildman–Crippen MR) is 118 cm³/mol. The van der Waals surface area contributed by atoms with Gasteiger partial charge in [-0.05, 0) is 63.9 Å². The highest BCUT2D eigenvalue weighted by atomic mass is 19.4. The maximum absolute atomic E-state index is 12.6. The van der Waals surface area contributed by atoms with E-state index in [2.05, 4.69) is 26.7 Å². The molecule has 0 unspecified atom stereocenters. The molecule has 4 heterocycles. The fraction of sp³-hybridized carbons (Fsp3) is 0.682. The number of likely N-dealkylation sites (tertiary alicyclic amines) is 3. The van der Waals surface area contributed by atoms with Gasteiger partial charge in [0.1, 0.15) is 5.69 Å². The number of carbonyl (C=O) groups excluding carboxylic acids is 1. The smallest absolute Gasteiger partial charge is 0.475 e. The van der Waals surface area contributed by atoms with Gasteiger partial charge in [0.05, 0.1) is 0 Å². The van der Waals surface area contributed by atoms with Crippen LogP contribution >= 0.6 is 0 Å². The summed E-state index contributed by atoms with van der Waals surface area (Å²) >= 11 is 0. The predicted octanol–water partition coefficient (Wildman–Crippen LogP) is 2.91. The van der Waals surface area contributed by atoms with Crippen molar-refractivity contribution in [2.24, 2.45) is 5.92 Å². The van der Waals surface area contributed by atoms with Crippen LogP contribution in [0.1, 0.15) is 36.2 Å². The molecule has 37 heavy (non-hydrogen) atoms. The van der Waals surface area contributed by atoms with E-state index in [9.17, 15) is 31.1 Å². The van der Waals surface area contributed by atoms with E-state index in [0.29, 0.717) is 18.0 Å². The van der Waals surface area contributed by atoms with Gasteiger partial charge in [-0.1, -0.05) is 0 Å². The number of piperidine rings is 1. The van der Waals surface area contributed by atoms with Crippen LogP contribution in [0.4, 0.5) is 26.3 Å². The SMILES string of the molecule is CN1[C@H](CN2CCCC2)C[C@@H]2CN(C(=O)c3ccc[nH]3)CC[C@@H]21.O=C(O)C(F)(F)F.O=C(O)C(F)(F)F. The first-order valence-electron chi connectivity index (χ1n) is 11.6. The molecule has 15 heteroatoms. The highest BCUT2D eigenvalue weighted by Gasteiger charge is 2.43. The lowest BCUT2D eigenvalue weighted by molar-refractivity contribution is -0.193. The molecule has 9 nitrogen and oxygen atoms in total. The van der Waals surface area contributed by atoms with Gasteiger partial charge in [-0.2, -0.15) is 26.3 Å². The van der Waals surface area contributed by atoms with Crippen LogP contribution in [0.15, 0.2) is 18.3 Å². The summed E-state index contributed by atoms with van der Waals surface area (Å²) in [6.45, 7) is 5.57. The first-order chi connectivity index (χ1) is 17.1. The molecule has 0 saturated carbocycles. The normalized spacial score (nSPS) is 24.4. The molecule has 3 saturated heterocycles. The summed E-state index contributed by atoms with van der Waals surface area (Å²) < 4.78 is 63.5. The number of likely N-dealkylation sites (N-methyl/N-ethyl adjacent to an activating group) is 1. The summed E-state index contributed by atoms with van der Waals surface area (Å²) in [4.78, 5) is 40.7. The van der Waals surface area contributed by atoms with Crippen molar-refractivity contribution >= 4 is 17.8 Å². The minimum absolute atomic E-state index is 0.166. The van der Waals surface area contributed by atoms with Crippen molar-refractivity contribution < 1.29 is 50.9 Å². The lowest BCUT2D eigenvalue weighted by Gasteiger charge is -2.37. The van der Waals surface area contributed by atoms with Crippen LogP contribution in [0.25, 0.3) is 0 Å². The average Bonchev–Trinajstić information content (AvgIpc) is 3.56. The van der Waals surface area contributed by atoms with Gasteiger partial charge >= 0.3 is 24.3 Å². The van der Waals surface area contributed by atoms with E-state index in [1.165, 1.54) is 38.9 Å². The van der Waals surface area contributed by atoms with Crippen LogP contribution in [0.2, 0.25) is 0 Å². The number of halogens is 6. The molecule has 4 rings (SSSR count). The third kappa shape index (κ3) is 8.91. The Hall–Kier alpha value is -2.81. The number of amides is 1. The Kier molecular flexibility index (Phi) is 10.4. The number of nitrogens with one attached hydrogen (secondary N) is 1. The molecular formula is C22H30F6N4O5. The third-order valence-electron chi connectivity index (χ3n) is 6.64. The van der Waals surface area contributed by atoms with Crippen molar-refractivity contribution in [1.82, 2.24) is 19.7 Å². The summed E-state index contributed by atoms with van der Waals surface area (Å²) in [6, 6.07) is 5.11. The lowest BCUT2D eigenvalue weighted by atomic mass is 9.92. The van der Waals surface area contributed by atoms with Crippen LogP contribution in [-0.2, 0) is 9.59 Å². The van der Waals surface area contributed by atoms with Gasteiger partial charge in [0.2, 0.25) is 0 Å². The Morgan fingerprint density at radius 3 is 2.00 bits per heavy atom. The zero-order valence-electron chi connectivity index (χ0n) is 20.1. The molecule has 1 aromatic heterocycles. The third-order valence-corrected chi connectivity index (χ3v) is 6.64. The minimum atomic E-state index is -5.08. The maximum atomic E-state index is 12.6. The van der Waals surface area contributed by atoms with E-state index in [1.807, 2.05) is 18.3 Å². The standard InChI is InChI=1S/C18H28N4O.2C2HF3O2/c1-20-15(13-21-8-2-3-9-21)11-14-12-22(10-6-17(14)20)18(23)16-5-4-7-19-16;2*3-2(4,5)1(6)7/h4-5,7,14-15,17,19H,2-3,6,8-13H2,1H3;2*(H,6,7)/t14-,15+,17+;;/m1../s1. The van der Waals surface area contributed by atoms with Crippen molar-refractivity contribution in [2.75, 3.05) is 39.8 Å². The second-order valence-corrected chi connectivity index (χ2v) is 9.12. The van der Waals surface area contributed by atoms with E-state index < -0.39 is 24.3 Å². The quantitative estimate of drug-likeness (QED) is 0.501. The number of aromatic amines is 1. The van der Waals surface area contributed by atoms with E-state index >= 15 is 0 Å². The number of carboxylic acid groups (broad SMARTS) is 2. The number of aliphatic carboxylic acids is 2. The maximum Gasteiger partial charge on any atom is 0.490 e. The molecule has 1 amide bonds. The zero-order valence-corrected chi connectivity index (χ0v) is 20.1. The Morgan fingerprint density at radius 1 is 1.00 bits per heavy atom. The molecule has 0 radical (unpaired) electrons. The number of rotatable bonds is 3. The van der Waals surface area contributed by atoms with E-state index in [-0.39, 0.29) is 5.91 Å². The summed E-state index contributed by atoms with van der Waals surface area (Å²) in [5.41, 5.74) is 0.725. The molecule has 210 valence electrons. The summed E-state index contributed by atoms with van der Waals surface area (Å²) in [7, 11) is 2.30. The summed E-state index contributed by atoms with van der Waals surface area (Å²) in [5.74, 6) is -4.71. The molecule has 0 aromatic carbocycles. The summed E-state index contributed by atoms with van der Waals surface area (Å²) in [6.07, 6.45) is -3.25. The van der Waals surface area contributed by atoms with E-state index in [0.717, 1.165) is 25.2 Å². The van der Waals surface area contributed by atoms with Crippen LogP contribution in [0, 0.1) is 5.92 Å². The number of carboxylic acids is 2. The van der Waals surface area contributed by atoms with Crippen LogP contribution < -0.4 is 0 Å². The Balaban J connectivity index is 0.000000286. The lowest BCUT2D eigenvalue weighted by Crippen LogP contribution is -2.48. The first kappa shape index (κ1) is 30.4. The highest BCUT2D eigenvalue weighted by molar-refractivity contribution is 5.92.